The Morgan fingerprint density at radius 1 is 1.15 bits per heavy atom. The predicted molar refractivity (Wildman–Crippen MR) is 78.8 cm³/mol. The van der Waals surface area contributed by atoms with Gasteiger partial charge in [0.15, 0.2) is 0 Å². The molecule has 1 unspecified atom stereocenters. The summed E-state index contributed by atoms with van der Waals surface area (Å²) in [5, 5.41) is 12.0. The van der Waals surface area contributed by atoms with Crippen LogP contribution in [0.5, 0.6) is 0 Å². The monoisotopic (exact) mass is 268 g/mol. The normalized spacial score (nSPS) is 11.7. The number of nitrogens with zero attached hydrogens (tertiary/aromatic N) is 1. The van der Waals surface area contributed by atoms with Gasteiger partial charge >= 0.3 is 0 Å². The predicted octanol–water partition coefficient (Wildman–Crippen LogP) is 4.45. The molecule has 0 saturated heterocycles. The van der Waals surface area contributed by atoms with Gasteiger partial charge in [-0.25, -0.2) is 4.39 Å². The summed E-state index contributed by atoms with van der Waals surface area (Å²) < 4.78 is 13.8. The molecular formula is C17H17FN2. The molecule has 0 saturated carbocycles. The minimum Gasteiger partial charge on any atom is -0.378 e. The maximum atomic E-state index is 13.8. The maximum absolute atomic E-state index is 13.8. The van der Waals surface area contributed by atoms with Crippen molar-refractivity contribution in [3.63, 3.8) is 0 Å². The van der Waals surface area contributed by atoms with E-state index in [9.17, 15) is 4.39 Å². The van der Waals surface area contributed by atoms with Crippen molar-refractivity contribution < 1.29 is 4.39 Å². The van der Waals surface area contributed by atoms with Crippen molar-refractivity contribution in [1.82, 2.24) is 0 Å². The molecule has 2 nitrogen and oxygen atoms in total. The molecule has 20 heavy (non-hydrogen) atoms. The fourth-order valence-electron chi connectivity index (χ4n) is 2.17. The summed E-state index contributed by atoms with van der Waals surface area (Å²) in [5.41, 5.74) is 2.59. The zero-order valence-electron chi connectivity index (χ0n) is 11.4. The van der Waals surface area contributed by atoms with Gasteiger partial charge < -0.3 is 5.32 Å². The largest absolute Gasteiger partial charge is 0.378 e. The molecule has 2 aromatic rings. The number of rotatable bonds is 5. The molecule has 0 aromatic heterocycles. The van der Waals surface area contributed by atoms with Gasteiger partial charge in [0.25, 0.3) is 0 Å². The van der Waals surface area contributed by atoms with E-state index in [1.807, 2.05) is 37.3 Å². The third-order valence-electron chi connectivity index (χ3n) is 3.27. The Kier molecular flexibility index (Phi) is 4.73. The average Bonchev–Trinajstić information content (AvgIpc) is 2.48. The van der Waals surface area contributed by atoms with Gasteiger partial charge in [0, 0.05) is 11.3 Å². The van der Waals surface area contributed by atoms with Gasteiger partial charge in [-0.2, -0.15) is 5.26 Å². The lowest BCUT2D eigenvalue weighted by Crippen LogP contribution is -2.11. The summed E-state index contributed by atoms with van der Waals surface area (Å²) in [6.07, 6.45) is 1.20. The van der Waals surface area contributed by atoms with Crippen LogP contribution in [0.2, 0.25) is 0 Å². The molecule has 2 rings (SSSR count). The van der Waals surface area contributed by atoms with Gasteiger partial charge in [0.1, 0.15) is 5.82 Å². The summed E-state index contributed by atoms with van der Waals surface area (Å²) in [6.45, 7) is 2.02. The molecule has 0 bridgehead atoms. The van der Waals surface area contributed by atoms with Crippen molar-refractivity contribution in [2.75, 3.05) is 5.32 Å². The highest BCUT2D eigenvalue weighted by Crippen LogP contribution is 2.24. The fourth-order valence-corrected chi connectivity index (χ4v) is 2.17. The van der Waals surface area contributed by atoms with E-state index >= 15 is 0 Å². The van der Waals surface area contributed by atoms with Gasteiger partial charge in [-0.3, -0.25) is 0 Å². The van der Waals surface area contributed by atoms with E-state index in [0.29, 0.717) is 12.0 Å². The molecule has 1 atom stereocenters. The van der Waals surface area contributed by atoms with E-state index < -0.39 is 0 Å². The van der Waals surface area contributed by atoms with Gasteiger partial charge in [-0.05, 0) is 30.2 Å². The Morgan fingerprint density at radius 2 is 1.85 bits per heavy atom. The standard InChI is InChI=1S/C17H17FN2/c1-2-17(15-5-3-4-6-16(15)18)20-14-9-7-13(8-10-14)11-12-19/h3-10,17,20H,2,11H2,1H3. The Hall–Kier alpha value is -2.34. The van der Waals surface area contributed by atoms with Gasteiger partial charge in [-0.1, -0.05) is 37.3 Å². The summed E-state index contributed by atoms with van der Waals surface area (Å²) in [4.78, 5) is 0. The molecule has 0 fully saturated rings. The molecule has 0 aliphatic carbocycles. The Bertz CT molecular complexity index is 599. The van der Waals surface area contributed by atoms with E-state index in [4.69, 9.17) is 5.26 Å². The Balaban J connectivity index is 2.14. The first-order chi connectivity index (χ1) is 9.74. The quantitative estimate of drug-likeness (QED) is 0.869. The van der Waals surface area contributed by atoms with Crippen molar-refractivity contribution in [3.05, 3.63) is 65.5 Å². The molecule has 102 valence electrons. The molecule has 0 radical (unpaired) electrons. The molecule has 1 N–H and O–H groups in total. The third-order valence-corrected chi connectivity index (χ3v) is 3.27. The Labute approximate surface area is 118 Å². The Morgan fingerprint density at radius 3 is 2.45 bits per heavy atom. The van der Waals surface area contributed by atoms with Crippen molar-refractivity contribution in [2.24, 2.45) is 0 Å². The summed E-state index contributed by atoms with van der Waals surface area (Å²) in [7, 11) is 0. The summed E-state index contributed by atoms with van der Waals surface area (Å²) >= 11 is 0. The minimum absolute atomic E-state index is 0.0574. The molecule has 0 aliphatic rings. The number of halogens is 1. The first-order valence-electron chi connectivity index (χ1n) is 6.71. The zero-order valence-corrected chi connectivity index (χ0v) is 11.4. The molecule has 0 amide bonds. The van der Waals surface area contributed by atoms with Crippen molar-refractivity contribution in [2.45, 2.75) is 25.8 Å². The van der Waals surface area contributed by atoms with Crippen molar-refractivity contribution in [1.29, 1.82) is 5.26 Å². The van der Waals surface area contributed by atoms with Crippen molar-refractivity contribution in [3.8, 4) is 6.07 Å². The second kappa shape index (κ2) is 6.72. The van der Waals surface area contributed by atoms with Crippen LogP contribution < -0.4 is 5.32 Å². The topological polar surface area (TPSA) is 35.8 Å². The molecule has 0 heterocycles. The van der Waals surface area contributed by atoms with E-state index in [-0.39, 0.29) is 11.9 Å². The SMILES string of the molecule is CCC(Nc1ccc(CC#N)cc1)c1ccccc1F. The first-order valence-corrected chi connectivity index (χ1v) is 6.71. The van der Waals surface area contributed by atoms with Crippen LogP contribution in [-0.2, 0) is 6.42 Å². The smallest absolute Gasteiger partial charge is 0.128 e. The minimum atomic E-state index is -0.187. The van der Waals surface area contributed by atoms with Crippen LogP contribution in [0.4, 0.5) is 10.1 Å². The lowest BCUT2D eigenvalue weighted by Gasteiger charge is -2.19. The van der Waals surface area contributed by atoms with Crippen LogP contribution in [-0.4, -0.2) is 0 Å². The van der Waals surface area contributed by atoms with E-state index in [0.717, 1.165) is 17.7 Å². The van der Waals surface area contributed by atoms with Crippen LogP contribution in [0.25, 0.3) is 0 Å². The maximum Gasteiger partial charge on any atom is 0.128 e. The second-order valence-electron chi connectivity index (χ2n) is 4.66. The highest BCUT2D eigenvalue weighted by Gasteiger charge is 2.13. The van der Waals surface area contributed by atoms with Crippen LogP contribution in [0.15, 0.2) is 48.5 Å². The number of benzene rings is 2. The van der Waals surface area contributed by atoms with Gasteiger partial charge in [0.2, 0.25) is 0 Å². The summed E-state index contributed by atoms with van der Waals surface area (Å²) in [5.74, 6) is -0.187. The summed E-state index contributed by atoms with van der Waals surface area (Å²) in [6, 6.07) is 16.6. The lowest BCUT2D eigenvalue weighted by atomic mass is 10.0. The highest BCUT2D eigenvalue weighted by atomic mass is 19.1. The molecule has 3 heteroatoms. The average molecular weight is 268 g/mol. The molecule has 0 spiro atoms. The second-order valence-corrected chi connectivity index (χ2v) is 4.66. The molecule has 0 aliphatic heterocycles. The number of anilines is 1. The van der Waals surface area contributed by atoms with Crippen molar-refractivity contribution >= 4 is 5.69 Å². The van der Waals surface area contributed by atoms with E-state index in [1.165, 1.54) is 6.07 Å². The zero-order chi connectivity index (χ0) is 14.4. The number of nitrogens with one attached hydrogen (secondary N) is 1. The number of hydrogen-bond acceptors (Lipinski definition) is 2. The van der Waals surface area contributed by atoms with Crippen LogP contribution in [0.1, 0.15) is 30.5 Å². The van der Waals surface area contributed by atoms with E-state index in [1.54, 1.807) is 12.1 Å². The van der Waals surface area contributed by atoms with Gasteiger partial charge in [-0.15, -0.1) is 0 Å². The van der Waals surface area contributed by atoms with E-state index in [2.05, 4.69) is 11.4 Å². The van der Waals surface area contributed by atoms with Gasteiger partial charge in [0.05, 0.1) is 18.5 Å². The highest BCUT2D eigenvalue weighted by molar-refractivity contribution is 5.47. The third kappa shape index (κ3) is 3.36. The molecular weight excluding hydrogens is 251 g/mol. The first kappa shape index (κ1) is 14.1. The number of nitriles is 1. The van der Waals surface area contributed by atoms with Crippen LogP contribution in [0.3, 0.4) is 0 Å². The fraction of sp³-hybridized carbons (Fsp3) is 0.235. The number of hydrogen-bond donors (Lipinski definition) is 1. The van der Waals surface area contributed by atoms with Crippen LogP contribution in [0, 0.1) is 17.1 Å². The van der Waals surface area contributed by atoms with Crippen LogP contribution >= 0.6 is 0 Å². The lowest BCUT2D eigenvalue weighted by molar-refractivity contribution is 0.587. The molecule has 2 aromatic carbocycles.